The number of thioether (sulfide) groups is 8. The number of hydrogen-bond acceptors (Lipinski definition) is 12. The third-order valence-corrected chi connectivity index (χ3v) is 25.2. The van der Waals surface area contributed by atoms with Gasteiger partial charge in [0.15, 0.2) is 23.0 Å². The van der Waals surface area contributed by atoms with E-state index in [2.05, 4.69) is 126 Å². The Labute approximate surface area is 546 Å². The van der Waals surface area contributed by atoms with E-state index in [0.717, 1.165) is 115 Å². The van der Waals surface area contributed by atoms with E-state index in [1.54, 1.807) is 94.1 Å². The molecule has 5 rings (SSSR count). The van der Waals surface area contributed by atoms with E-state index in [1.165, 1.54) is 171 Å². The molecule has 0 bridgehead atoms. The fraction of sp³-hybridized carbons (Fsp3) is 0.611. The summed E-state index contributed by atoms with van der Waals surface area (Å²) in [6.07, 6.45) is 48.2. The predicted molar refractivity (Wildman–Crippen MR) is 384 cm³/mol. The summed E-state index contributed by atoms with van der Waals surface area (Å²) in [5.74, 6) is 2.90. The zero-order valence-electron chi connectivity index (χ0n) is 52.7. The standard InChI is InChI=1S/C72H100O4S8/c1-9-13-17-21-25-29-33-37-49-73-63-53-59-45-41-57(67-81-69(77-5)70(78-6)82-67)43-47-61-55-65(75-51-39-35-31-27-23-19-15-11-3)66(76-52-40-36-32-28-24-20-16-12-4)56-62(61)48-44-58(68-83-71(79-7)72(80-8)84-68)42-46-60(59)54-64(63)74-50-38-34-30-26-22-18-14-10-2/h53-56H,9-40,49-52H2,1-8H3. The van der Waals surface area contributed by atoms with E-state index in [4.69, 9.17) is 18.9 Å². The van der Waals surface area contributed by atoms with Crippen LogP contribution in [-0.4, -0.2) is 51.5 Å². The minimum absolute atomic E-state index is 0.620. The van der Waals surface area contributed by atoms with Crippen LogP contribution in [0, 0.1) is 48.5 Å². The van der Waals surface area contributed by atoms with Crippen molar-refractivity contribution in [1.29, 1.82) is 0 Å². The monoisotopic (exact) mass is 1280 g/mol. The number of benzene rings is 2. The molecule has 12 heteroatoms. The molecule has 0 radical (unpaired) electrons. The number of rotatable bonds is 44. The second-order valence-corrected chi connectivity index (χ2v) is 30.6. The normalized spacial score (nSPS) is 13.0. The molecule has 2 aliphatic rings. The highest BCUT2D eigenvalue weighted by atomic mass is 32.3. The van der Waals surface area contributed by atoms with Crippen LogP contribution in [0.4, 0.5) is 0 Å². The molecule has 3 aromatic rings. The maximum Gasteiger partial charge on any atom is 0.162 e. The molecule has 0 amide bonds. The average molecular weight is 1290 g/mol. The van der Waals surface area contributed by atoms with Crippen LogP contribution in [0.1, 0.15) is 233 Å². The second kappa shape index (κ2) is 45.8. The molecular weight excluding hydrogens is 1190 g/mol. The third-order valence-electron chi connectivity index (χ3n) is 14.7. The first-order chi connectivity index (χ1) is 41.4. The van der Waals surface area contributed by atoms with Gasteiger partial charge in [0.25, 0.3) is 0 Å². The van der Waals surface area contributed by atoms with Crippen LogP contribution in [0.2, 0.25) is 0 Å². The van der Waals surface area contributed by atoms with Crippen LogP contribution in [-0.2, 0) is 0 Å². The topological polar surface area (TPSA) is 36.9 Å². The van der Waals surface area contributed by atoms with E-state index in [9.17, 15) is 0 Å². The molecule has 4 nitrogen and oxygen atoms in total. The molecule has 0 saturated heterocycles. The smallest absolute Gasteiger partial charge is 0.162 e. The largest absolute Gasteiger partial charge is 0.490 e. The lowest BCUT2D eigenvalue weighted by Gasteiger charge is -2.13. The molecule has 2 aliphatic heterocycles. The molecule has 3 aromatic carbocycles. The van der Waals surface area contributed by atoms with Gasteiger partial charge < -0.3 is 18.9 Å². The highest BCUT2D eigenvalue weighted by molar-refractivity contribution is 8.46. The van der Waals surface area contributed by atoms with Crippen molar-refractivity contribution in [1.82, 2.24) is 0 Å². The van der Waals surface area contributed by atoms with Gasteiger partial charge in [-0.25, -0.2) is 0 Å². The Kier molecular flexibility index (Phi) is 39.5. The number of ether oxygens (including phenoxy) is 4. The molecular formula is C72H100O4S8. The number of unbranched alkanes of at least 4 members (excludes halogenated alkanes) is 28. The Balaban J connectivity index is 1.69. The maximum atomic E-state index is 6.74. The van der Waals surface area contributed by atoms with Gasteiger partial charge in [-0.2, -0.15) is 0 Å². The molecule has 0 aromatic heterocycles. The van der Waals surface area contributed by atoms with E-state index < -0.39 is 0 Å². The van der Waals surface area contributed by atoms with Crippen LogP contribution in [0.3, 0.4) is 0 Å². The van der Waals surface area contributed by atoms with Gasteiger partial charge in [-0.15, -0.1) is 47.0 Å². The lowest BCUT2D eigenvalue weighted by atomic mass is 10.1. The molecule has 84 heavy (non-hydrogen) atoms. The number of hydrogen-bond donors (Lipinski definition) is 0. The maximum absolute atomic E-state index is 6.74. The minimum Gasteiger partial charge on any atom is -0.490 e. The fourth-order valence-electron chi connectivity index (χ4n) is 9.69. The van der Waals surface area contributed by atoms with Crippen molar-refractivity contribution in [3.05, 3.63) is 100 Å². The van der Waals surface area contributed by atoms with Gasteiger partial charge in [0, 0.05) is 45.8 Å². The molecule has 0 fully saturated rings. The van der Waals surface area contributed by atoms with Crippen molar-refractivity contribution in [2.24, 2.45) is 0 Å². The summed E-state index contributed by atoms with van der Waals surface area (Å²) in [6, 6.07) is 37.6. The van der Waals surface area contributed by atoms with Crippen LogP contribution in [0.25, 0.3) is 30.0 Å². The van der Waals surface area contributed by atoms with Gasteiger partial charge in [0.1, 0.15) is 0 Å². The third kappa shape index (κ3) is 27.6. The van der Waals surface area contributed by atoms with Crippen molar-refractivity contribution in [3.8, 4) is 23.0 Å². The molecule has 0 atom stereocenters. The Morgan fingerprint density at radius 2 is 0.464 bits per heavy atom. The van der Waals surface area contributed by atoms with Crippen LogP contribution < -0.4 is 29.4 Å². The van der Waals surface area contributed by atoms with Crippen molar-refractivity contribution in [2.45, 2.75) is 233 Å². The summed E-state index contributed by atoms with van der Waals surface area (Å²) in [5, 5.41) is 4.68. The Morgan fingerprint density at radius 1 is 0.274 bits per heavy atom. The molecule has 2 heterocycles. The van der Waals surface area contributed by atoms with Gasteiger partial charge in [0.05, 0.1) is 62.3 Å². The first-order valence-corrected chi connectivity index (χ1v) is 40.4. The molecule has 0 spiro atoms. The summed E-state index contributed by atoms with van der Waals surface area (Å²) in [6.45, 7) is 11.6. The van der Waals surface area contributed by atoms with Crippen molar-refractivity contribution in [2.75, 3.05) is 51.5 Å². The van der Waals surface area contributed by atoms with Gasteiger partial charge in [0.2, 0.25) is 0 Å². The Hall–Kier alpha value is -2.36. The summed E-state index contributed by atoms with van der Waals surface area (Å²) >= 11 is 14.2. The number of fused-ring (bicyclic) bond motifs is 2. The van der Waals surface area contributed by atoms with Crippen molar-refractivity contribution < 1.29 is 18.9 Å². The molecule has 0 unspecified atom stereocenters. The quantitative estimate of drug-likeness (QED) is 0.0506. The van der Waals surface area contributed by atoms with Crippen LogP contribution in [0.15, 0.2) is 41.2 Å². The molecule has 460 valence electrons. The average Bonchev–Trinajstić information content (AvgIpc) is 4.08. The van der Waals surface area contributed by atoms with Crippen molar-refractivity contribution in [3.63, 3.8) is 0 Å². The Bertz CT molecular complexity index is 2330. The summed E-state index contributed by atoms with van der Waals surface area (Å²) in [7, 11) is 0. The highest BCUT2D eigenvalue weighted by Gasteiger charge is 2.22. The lowest BCUT2D eigenvalue weighted by Crippen LogP contribution is -2.03. The van der Waals surface area contributed by atoms with E-state index in [0.29, 0.717) is 26.4 Å². The first kappa shape index (κ1) is 72.4. The summed E-state index contributed by atoms with van der Waals surface area (Å²) in [5.41, 5.74) is 0. The molecule has 0 N–H and O–H groups in total. The predicted octanol–water partition coefficient (Wildman–Crippen LogP) is 23.5. The molecule has 0 saturated carbocycles. The lowest BCUT2D eigenvalue weighted by molar-refractivity contribution is 0.259. The van der Waals surface area contributed by atoms with Gasteiger partial charge >= 0.3 is 0 Å². The SMILES string of the molecule is CCCCCCCCCCOc1cc2c#cc(=C3SC(SC)=C(SC)S3)c#cc3cc(OCCCCCCCCCC)c(OCCCCCCCCCC)cc3c#cc(=C3SC(SC)=C(SC)S3)c#cc2cc1OCCCCCCCCCC. The zero-order valence-corrected chi connectivity index (χ0v) is 59.2. The molecule has 0 aliphatic carbocycles. The van der Waals surface area contributed by atoms with Crippen LogP contribution >= 0.6 is 94.1 Å². The summed E-state index contributed by atoms with van der Waals surface area (Å²) in [4.78, 5) is 0. The van der Waals surface area contributed by atoms with Gasteiger partial charge in [-0.3, -0.25) is 0 Å². The van der Waals surface area contributed by atoms with Gasteiger partial charge in [-0.1, -0.05) is 303 Å². The zero-order chi connectivity index (χ0) is 59.7. The van der Waals surface area contributed by atoms with Crippen molar-refractivity contribution >= 4 is 124 Å². The van der Waals surface area contributed by atoms with E-state index in [-0.39, 0.29) is 0 Å². The van der Waals surface area contributed by atoms with E-state index >= 15 is 0 Å². The second-order valence-electron chi connectivity index (χ2n) is 21.7. The minimum atomic E-state index is 0.620. The fourth-order valence-corrected chi connectivity index (χ4v) is 19.5. The highest BCUT2D eigenvalue weighted by Crippen LogP contribution is 2.57. The van der Waals surface area contributed by atoms with Gasteiger partial charge in [-0.05, 0) is 50.7 Å². The Morgan fingerprint density at radius 3 is 0.655 bits per heavy atom. The van der Waals surface area contributed by atoms with E-state index in [1.807, 2.05) is 0 Å². The first-order valence-electron chi connectivity index (χ1n) is 32.2. The summed E-state index contributed by atoms with van der Waals surface area (Å²) < 4.78 is 34.2. The van der Waals surface area contributed by atoms with Crippen LogP contribution in [0.5, 0.6) is 23.0 Å².